The molecule has 0 saturated heterocycles. The van der Waals surface area contributed by atoms with Crippen molar-refractivity contribution in [3.63, 3.8) is 0 Å². The van der Waals surface area contributed by atoms with Crippen molar-refractivity contribution in [2.75, 3.05) is 24.2 Å². The number of methoxy groups -OCH3 is 1. The van der Waals surface area contributed by atoms with E-state index in [9.17, 15) is 13.2 Å². The Bertz CT molecular complexity index is 966. The fraction of sp³-hybridized carbons (Fsp3) is 0.409. The fourth-order valence-corrected chi connectivity index (χ4v) is 4.24. The van der Waals surface area contributed by atoms with Crippen LogP contribution in [0.25, 0.3) is 0 Å². The van der Waals surface area contributed by atoms with E-state index in [-0.39, 0.29) is 18.5 Å². The van der Waals surface area contributed by atoms with Gasteiger partial charge >= 0.3 is 0 Å². The van der Waals surface area contributed by atoms with Gasteiger partial charge in [0.25, 0.3) is 0 Å². The third-order valence-electron chi connectivity index (χ3n) is 4.75. The molecule has 7 heteroatoms. The molecule has 0 bridgehead atoms. The second-order valence-electron chi connectivity index (χ2n) is 7.37. The molecule has 1 atom stereocenters. The highest BCUT2D eigenvalue weighted by molar-refractivity contribution is 7.92. The number of nitrogens with one attached hydrogen (secondary N) is 1. The van der Waals surface area contributed by atoms with Crippen molar-refractivity contribution in [1.29, 1.82) is 0 Å². The van der Waals surface area contributed by atoms with E-state index in [1.807, 2.05) is 52.0 Å². The quantitative estimate of drug-likeness (QED) is 0.710. The number of hydrogen-bond acceptors (Lipinski definition) is 4. The Labute approximate surface area is 173 Å². The van der Waals surface area contributed by atoms with Crippen LogP contribution in [-0.2, 0) is 14.8 Å². The summed E-state index contributed by atoms with van der Waals surface area (Å²) < 4.78 is 31.2. The van der Waals surface area contributed by atoms with E-state index in [0.29, 0.717) is 12.1 Å². The lowest BCUT2D eigenvalue weighted by Crippen LogP contribution is -2.41. The molecule has 0 heterocycles. The summed E-state index contributed by atoms with van der Waals surface area (Å²) in [4.78, 5) is 12.8. The maximum absolute atomic E-state index is 12.8. The molecular weight excluding hydrogens is 388 g/mol. The first kappa shape index (κ1) is 22.7. The Hall–Kier alpha value is -2.54. The molecule has 0 aromatic heterocycles. The lowest BCUT2D eigenvalue weighted by Gasteiger charge is -2.25. The van der Waals surface area contributed by atoms with Crippen LogP contribution in [0, 0.1) is 20.8 Å². The molecule has 0 radical (unpaired) electrons. The highest BCUT2D eigenvalue weighted by Crippen LogP contribution is 2.25. The smallest absolute Gasteiger partial charge is 0.241 e. The minimum atomic E-state index is -3.61. The summed E-state index contributed by atoms with van der Waals surface area (Å²) in [6.07, 6.45) is 1.79. The van der Waals surface area contributed by atoms with E-state index in [2.05, 4.69) is 5.32 Å². The summed E-state index contributed by atoms with van der Waals surface area (Å²) in [5.41, 5.74) is 4.30. The van der Waals surface area contributed by atoms with Crippen molar-refractivity contribution in [3.05, 3.63) is 58.7 Å². The molecule has 158 valence electrons. The van der Waals surface area contributed by atoms with Gasteiger partial charge in [-0.25, -0.2) is 8.42 Å². The standard InChI is InChI=1S/C22H30N2O4S/c1-7-20(18-8-9-21(28-5)17(4)13-18)23-22(25)14-24(29(6,26)27)19-11-15(2)10-16(3)12-19/h8-13,20H,7,14H2,1-6H3,(H,23,25)/t20-/m1/s1. The van der Waals surface area contributed by atoms with E-state index in [1.54, 1.807) is 19.2 Å². The highest BCUT2D eigenvalue weighted by atomic mass is 32.2. The number of sulfonamides is 1. The first-order valence-electron chi connectivity index (χ1n) is 9.55. The number of nitrogens with zero attached hydrogens (tertiary/aromatic N) is 1. The second kappa shape index (κ2) is 9.31. The third-order valence-corrected chi connectivity index (χ3v) is 5.89. The van der Waals surface area contributed by atoms with Gasteiger partial charge in [-0.2, -0.15) is 0 Å². The number of hydrogen-bond donors (Lipinski definition) is 1. The highest BCUT2D eigenvalue weighted by Gasteiger charge is 2.23. The zero-order chi connectivity index (χ0) is 21.8. The van der Waals surface area contributed by atoms with Crippen LogP contribution in [0.5, 0.6) is 5.75 Å². The lowest BCUT2D eigenvalue weighted by molar-refractivity contribution is -0.120. The molecule has 0 saturated carbocycles. The molecule has 2 rings (SSSR count). The van der Waals surface area contributed by atoms with E-state index < -0.39 is 10.0 Å². The molecule has 2 aromatic rings. The van der Waals surface area contributed by atoms with Crippen LogP contribution in [0.15, 0.2) is 36.4 Å². The maximum atomic E-state index is 12.8. The molecule has 0 fully saturated rings. The first-order valence-corrected chi connectivity index (χ1v) is 11.4. The first-order chi connectivity index (χ1) is 13.5. The van der Waals surface area contributed by atoms with Crippen molar-refractivity contribution in [2.45, 2.75) is 40.2 Å². The van der Waals surface area contributed by atoms with Crippen LogP contribution >= 0.6 is 0 Å². The maximum Gasteiger partial charge on any atom is 0.241 e. The lowest BCUT2D eigenvalue weighted by atomic mass is 10.0. The Morgan fingerprint density at radius 3 is 2.21 bits per heavy atom. The molecule has 29 heavy (non-hydrogen) atoms. The predicted octanol–water partition coefficient (Wildman–Crippen LogP) is 3.65. The largest absolute Gasteiger partial charge is 0.496 e. The van der Waals surface area contributed by atoms with Crippen LogP contribution in [-0.4, -0.2) is 34.2 Å². The van der Waals surface area contributed by atoms with Crippen molar-refractivity contribution < 1.29 is 17.9 Å². The molecular formula is C22H30N2O4S. The van der Waals surface area contributed by atoms with Gasteiger partial charge < -0.3 is 10.1 Å². The molecule has 1 N–H and O–H groups in total. The summed E-state index contributed by atoms with van der Waals surface area (Å²) in [6.45, 7) is 7.45. The van der Waals surface area contributed by atoms with Gasteiger partial charge in [-0.05, 0) is 67.6 Å². The minimum absolute atomic E-state index is 0.215. The van der Waals surface area contributed by atoms with Gasteiger partial charge in [-0.3, -0.25) is 9.10 Å². The van der Waals surface area contributed by atoms with Crippen LogP contribution in [0.3, 0.4) is 0 Å². The molecule has 0 aliphatic carbocycles. The van der Waals surface area contributed by atoms with E-state index in [0.717, 1.165) is 38.6 Å². The number of amides is 1. The molecule has 6 nitrogen and oxygen atoms in total. The van der Waals surface area contributed by atoms with Crippen LogP contribution in [0.1, 0.15) is 41.6 Å². The molecule has 1 amide bonds. The number of carbonyl (C=O) groups is 1. The average Bonchev–Trinajstić information content (AvgIpc) is 2.62. The van der Waals surface area contributed by atoms with Gasteiger partial charge in [0, 0.05) is 0 Å². The van der Waals surface area contributed by atoms with E-state index >= 15 is 0 Å². The zero-order valence-corrected chi connectivity index (χ0v) is 18.8. The Morgan fingerprint density at radius 2 is 1.72 bits per heavy atom. The van der Waals surface area contributed by atoms with Crippen molar-refractivity contribution in [3.8, 4) is 5.75 Å². The fourth-order valence-electron chi connectivity index (χ4n) is 3.40. The normalized spacial score (nSPS) is 12.3. The van der Waals surface area contributed by atoms with Crippen LogP contribution in [0.4, 0.5) is 5.69 Å². The Balaban J connectivity index is 2.23. The Morgan fingerprint density at radius 1 is 1.10 bits per heavy atom. The number of carbonyl (C=O) groups excluding carboxylic acids is 1. The number of ether oxygens (including phenoxy) is 1. The number of anilines is 1. The molecule has 0 aliphatic heterocycles. The van der Waals surface area contributed by atoms with E-state index in [4.69, 9.17) is 4.74 Å². The van der Waals surface area contributed by atoms with Crippen molar-refractivity contribution in [2.24, 2.45) is 0 Å². The van der Waals surface area contributed by atoms with Crippen molar-refractivity contribution in [1.82, 2.24) is 5.32 Å². The van der Waals surface area contributed by atoms with Gasteiger partial charge in [0.1, 0.15) is 12.3 Å². The average molecular weight is 419 g/mol. The van der Waals surface area contributed by atoms with Gasteiger partial charge in [-0.1, -0.05) is 25.1 Å². The van der Waals surface area contributed by atoms with Crippen LogP contribution < -0.4 is 14.4 Å². The summed E-state index contributed by atoms with van der Waals surface area (Å²) in [5.74, 6) is 0.433. The number of rotatable bonds is 8. The molecule has 0 spiro atoms. The summed E-state index contributed by atoms with van der Waals surface area (Å²) in [7, 11) is -1.99. The summed E-state index contributed by atoms with van der Waals surface area (Å²) >= 11 is 0. The molecule has 0 unspecified atom stereocenters. The predicted molar refractivity (Wildman–Crippen MR) is 117 cm³/mol. The monoisotopic (exact) mass is 418 g/mol. The van der Waals surface area contributed by atoms with Crippen molar-refractivity contribution >= 4 is 21.6 Å². The summed E-state index contributed by atoms with van der Waals surface area (Å²) in [5, 5.41) is 2.96. The zero-order valence-electron chi connectivity index (χ0n) is 17.9. The van der Waals surface area contributed by atoms with Gasteiger partial charge in [0.15, 0.2) is 0 Å². The molecule has 0 aliphatic rings. The van der Waals surface area contributed by atoms with Gasteiger partial charge in [0.2, 0.25) is 15.9 Å². The number of aryl methyl sites for hydroxylation is 3. The second-order valence-corrected chi connectivity index (χ2v) is 9.28. The van der Waals surface area contributed by atoms with Crippen LogP contribution in [0.2, 0.25) is 0 Å². The van der Waals surface area contributed by atoms with Gasteiger partial charge in [0.05, 0.1) is 25.1 Å². The summed E-state index contributed by atoms with van der Waals surface area (Å²) in [6, 6.07) is 11.1. The topological polar surface area (TPSA) is 75.7 Å². The number of benzene rings is 2. The van der Waals surface area contributed by atoms with E-state index in [1.165, 1.54) is 0 Å². The van der Waals surface area contributed by atoms with Gasteiger partial charge in [-0.15, -0.1) is 0 Å². The molecule has 2 aromatic carbocycles. The minimum Gasteiger partial charge on any atom is -0.496 e. The Kier molecular flexibility index (Phi) is 7.30. The third kappa shape index (κ3) is 5.97. The SMILES string of the molecule is CC[C@@H](NC(=O)CN(c1cc(C)cc(C)c1)S(C)(=O)=O)c1ccc(OC)c(C)c1.